The number of nitrogens with zero attached hydrogens (tertiary/aromatic N) is 6. The number of para-hydroxylation sites is 1. The molecule has 4 rings (SSSR count). The Hall–Kier alpha value is -3.97. The van der Waals surface area contributed by atoms with Crippen LogP contribution in [0.4, 0.5) is 13.2 Å². The summed E-state index contributed by atoms with van der Waals surface area (Å²) in [5.41, 5.74) is 0.234. The number of nitrogens with one attached hydrogen (secondary N) is 1. The highest BCUT2D eigenvalue weighted by Crippen LogP contribution is 2.24. The van der Waals surface area contributed by atoms with Crippen molar-refractivity contribution >= 4 is 17.5 Å². The number of carbonyl (C=O) groups excluding carboxylic acids is 1. The molecule has 0 saturated carbocycles. The van der Waals surface area contributed by atoms with E-state index in [1.165, 1.54) is 35.3 Å². The molecule has 0 bridgehead atoms. The van der Waals surface area contributed by atoms with Gasteiger partial charge >= 0.3 is 11.9 Å². The minimum Gasteiger partial charge on any atom is -0.382 e. The van der Waals surface area contributed by atoms with Gasteiger partial charge in [-0.25, -0.2) is 19.1 Å². The Bertz CT molecular complexity index is 1540. The summed E-state index contributed by atoms with van der Waals surface area (Å²) in [4.78, 5) is 30.2. The van der Waals surface area contributed by atoms with Gasteiger partial charge in [0.05, 0.1) is 17.8 Å². The molecule has 40 heavy (non-hydrogen) atoms. The van der Waals surface area contributed by atoms with Crippen LogP contribution in [0.25, 0.3) is 17.1 Å². The Morgan fingerprint density at radius 2 is 1.75 bits per heavy atom. The lowest BCUT2D eigenvalue weighted by Crippen LogP contribution is -2.37. The van der Waals surface area contributed by atoms with Crippen LogP contribution in [0.5, 0.6) is 0 Å². The van der Waals surface area contributed by atoms with Crippen LogP contribution in [0.2, 0.25) is 5.02 Å². The number of aliphatic hydroxyl groups excluding tert-OH is 1. The summed E-state index contributed by atoms with van der Waals surface area (Å²) < 4.78 is 42.4. The molecule has 0 fully saturated rings. The molecular formula is C26H27ClF3N7O3. The number of rotatable bonds is 9. The van der Waals surface area contributed by atoms with Crippen LogP contribution in [0.3, 0.4) is 0 Å². The number of carbonyl (C=O) groups is 1. The van der Waals surface area contributed by atoms with Gasteiger partial charge in [0.15, 0.2) is 17.8 Å². The van der Waals surface area contributed by atoms with Gasteiger partial charge in [-0.1, -0.05) is 37.6 Å². The summed E-state index contributed by atoms with van der Waals surface area (Å²) in [6.45, 7) is 4.55. The van der Waals surface area contributed by atoms with Gasteiger partial charge in [-0.3, -0.25) is 9.36 Å². The molecule has 10 nitrogen and oxygen atoms in total. The van der Waals surface area contributed by atoms with Crippen molar-refractivity contribution in [3.05, 3.63) is 81.8 Å². The summed E-state index contributed by atoms with van der Waals surface area (Å²) >= 11 is 5.92. The lowest BCUT2D eigenvalue weighted by atomic mass is 10.1. The third-order valence-electron chi connectivity index (χ3n) is 6.34. The van der Waals surface area contributed by atoms with Crippen molar-refractivity contribution in [2.45, 2.75) is 52.2 Å². The monoisotopic (exact) mass is 577 g/mol. The number of aliphatic hydroxyl groups is 1. The normalized spacial score (nSPS) is 13.4. The number of aromatic nitrogens is 6. The van der Waals surface area contributed by atoms with Crippen molar-refractivity contribution in [3.63, 3.8) is 0 Å². The molecule has 212 valence electrons. The highest BCUT2D eigenvalue weighted by atomic mass is 35.5. The van der Waals surface area contributed by atoms with Crippen LogP contribution >= 0.6 is 11.6 Å². The first kappa shape index (κ1) is 29.0. The number of benzene rings is 2. The van der Waals surface area contributed by atoms with Gasteiger partial charge in [-0.15, -0.1) is 10.2 Å². The topological polar surface area (TPSA) is 120 Å². The second-order valence-electron chi connectivity index (χ2n) is 9.57. The summed E-state index contributed by atoms with van der Waals surface area (Å²) in [5, 5.41) is 21.6. The fourth-order valence-corrected chi connectivity index (χ4v) is 3.86. The number of halogens is 4. The summed E-state index contributed by atoms with van der Waals surface area (Å²) in [7, 11) is 0. The highest BCUT2D eigenvalue weighted by Gasteiger charge is 2.39. The summed E-state index contributed by atoms with van der Waals surface area (Å²) in [5.74, 6) is -0.0379. The second-order valence-corrected chi connectivity index (χ2v) is 10.0. The van der Waals surface area contributed by atoms with E-state index in [2.05, 4.69) is 20.5 Å². The molecule has 2 aromatic heterocycles. The Morgan fingerprint density at radius 1 is 1.07 bits per heavy atom. The fraction of sp³-hybridized carbons (Fsp3) is 0.346. The molecule has 2 atom stereocenters. The van der Waals surface area contributed by atoms with Gasteiger partial charge < -0.3 is 10.4 Å². The van der Waals surface area contributed by atoms with Crippen LogP contribution in [0.15, 0.2) is 59.7 Å². The number of alkyl halides is 3. The number of hydrogen-bond donors (Lipinski definition) is 2. The van der Waals surface area contributed by atoms with Gasteiger partial charge in [0, 0.05) is 16.6 Å². The zero-order valence-corrected chi connectivity index (χ0v) is 22.6. The summed E-state index contributed by atoms with van der Waals surface area (Å²) in [6, 6.07) is 12.7. The van der Waals surface area contributed by atoms with Crippen LogP contribution in [0, 0.1) is 5.92 Å². The molecule has 0 unspecified atom stereocenters. The van der Waals surface area contributed by atoms with E-state index < -0.39 is 24.5 Å². The molecular weight excluding hydrogens is 551 g/mol. The Morgan fingerprint density at radius 3 is 2.40 bits per heavy atom. The van der Waals surface area contributed by atoms with Crippen LogP contribution in [-0.4, -0.2) is 58.4 Å². The first-order valence-electron chi connectivity index (χ1n) is 12.3. The molecule has 2 heterocycles. The predicted molar refractivity (Wildman–Crippen MR) is 141 cm³/mol. The molecule has 0 spiro atoms. The standard InChI is InChI=1S/C26H27ClF3N7O3/c1-15(2)16(3)32-24(39)19-6-4-5-7-20(19)37-14-31-22(33-37)13-36-25(40)35(12-21(38)26(28,29)30)23(34-36)17-8-10-18(27)11-9-17/h4-11,14-16,21,38H,12-13H2,1-3H3,(H,32,39)/t16-,21+/m1/s1. The lowest BCUT2D eigenvalue weighted by Gasteiger charge is -2.18. The third-order valence-corrected chi connectivity index (χ3v) is 6.60. The molecule has 14 heteroatoms. The molecule has 2 aromatic carbocycles. The maximum absolute atomic E-state index is 13.1. The van der Waals surface area contributed by atoms with Crippen molar-refractivity contribution in [3.8, 4) is 17.1 Å². The largest absolute Gasteiger partial charge is 0.416 e. The Kier molecular flexibility index (Phi) is 8.45. The van der Waals surface area contributed by atoms with Crippen LogP contribution in [0.1, 0.15) is 37.0 Å². The van der Waals surface area contributed by atoms with Gasteiger partial charge in [0.25, 0.3) is 5.91 Å². The first-order chi connectivity index (χ1) is 18.8. The van der Waals surface area contributed by atoms with Crippen molar-refractivity contribution in [2.24, 2.45) is 5.92 Å². The lowest BCUT2D eigenvalue weighted by molar-refractivity contribution is -0.207. The average Bonchev–Trinajstić information content (AvgIpc) is 3.49. The maximum Gasteiger partial charge on any atom is 0.416 e. The van der Waals surface area contributed by atoms with E-state index in [-0.39, 0.29) is 36.1 Å². The van der Waals surface area contributed by atoms with Crippen molar-refractivity contribution < 1.29 is 23.1 Å². The molecule has 2 N–H and O–H groups in total. The minimum absolute atomic E-state index is 0.0699. The quantitative estimate of drug-likeness (QED) is 0.313. The van der Waals surface area contributed by atoms with E-state index in [9.17, 15) is 27.9 Å². The second kappa shape index (κ2) is 11.6. The molecule has 4 aromatic rings. The van der Waals surface area contributed by atoms with E-state index in [4.69, 9.17) is 11.6 Å². The van der Waals surface area contributed by atoms with Gasteiger partial charge in [0.1, 0.15) is 12.9 Å². The first-order valence-corrected chi connectivity index (χ1v) is 12.7. The van der Waals surface area contributed by atoms with Crippen LogP contribution < -0.4 is 11.0 Å². The van der Waals surface area contributed by atoms with Gasteiger partial charge in [-0.2, -0.15) is 13.2 Å². The van der Waals surface area contributed by atoms with E-state index in [0.717, 1.165) is 9.25 Å². The zero-order valence-electron chi connectivity index (χ0n) is 21.8. The molecule has 0 aliphatic rings. The predicted octanol–water partition coefficient (Wildman–Crippen LogP) is 3.69. The van der Waals surface area contributed by atoms with E-state index in [1.54, 1.807) is 24.3 Å². The SMILES string of the molecule is CC(C)[C@@H](C)NC(=O)c1ccccc1-n1cnc(Cn2nc(-c3ccc(Cl)cc3)n(C[C@H](O)C(F)(F)F)c2=O)n1. The van der Waals surface area contributed by atoms with Crippen LogP contribution in [-0.2, 0) is 13.1 Å². The Balaban J connectivity index is 1.66. The molecule has 0 radical (unpaired) electrons. The number of amides is 1. The third kappa shape index (κ3) is 6.42. The number of hydrogen-bond acceptors (Lipinski definition) is 6. The van der Waals surface area contributed by atoms with Crippen molar-refractivity contribution in [2.75, 3.05) is 0 Å². The van der Waals surface area contributed by atoms with Gasteiger partial charge in [0.2, 0.25) is 0 Å². The van der Waals surface area contributed by atoms with E-state index >= 15 is 0 Å². The average molecular weight is 578 g/mol. The van der Waals surface area contributed by atoms with Crippen molar-refractivity contribution in [1.29, 1.82) is 0 Å². The van der Waals surface area contributed by atoms with E-state index in [1.807, 2.05) is 20.8 Å². The fourth-order valence-electron chi connectivity index (χ4n) is 3.73. The highest BCUT2D eigenvalue weighted by molar-refractivity contribution is 6.30. The molecule has 1 amide bonds. The summed E-state index contributed by atoms with van der Waals surface area (Å²) in [6.07, 6.45) is -6.36. The smallest absolute Gasteiger partial charge is 0.382 e. The van der Waals surface area contributed by atoms with E-state index in [0.29, 0.717) is 21.8 Å². The van der Waals surface area contributed by atoms with Crippen molar-refractivity contribution in [1.82, 2.24) is 34.4 Å². The molecule has 0 aliphatic carbocycles. The molecule has 0 saturated heterocycles. The Labute approximate surface area is 232 Å². The maximum atomic E-state index is 13.1. The minimum atomic E-state index is -4.94. The van der Waals surface area contributed by atoms with Gasteiger partial charge in [-0.05, 0) is 49.2 Å². The zero-order chi connectivity index (χ0) is 29.2. The molecule has 0 aliphatic heterocycles.